The first-order valence-corrected chi connectivity index (χ1v) is 4.79. The Bertz CT molecular complexity index is 283. The summed E-state index contributed by atoms with van der Waals surface area (Å²) in [5.41, 5.74) is 0. The van der Waals surface area contributed by atoms with Gasteiger partial charge in [-0.2, -0.15) is 0 Å². The van der Waals surface area contributed by atoms with Crippen molar-refractivity contribution < 1.29 is 127 Å². The predicted molar refractivity (Wildman–Crippen MR) is 48.3 cm³/mol. The van der Waals surface area contributed by atoms with Crippen molar-refractivity contribution >= 4 is 11.9 Å². The van der Waals surface area contributed by atoms with E-state index in [2.05, 4.69) is 0 Å². The molecule has 0 spiro atoms. The van der Waals surface area contributed by atoms with Gasteiger partial charge in [0.05, 0.1) is 11.9 Å². The van der Waals surface area contributed by atoms with Crippen LogP contribution in [0.2, 0.25) is 0 Å². The summed E-state index contributed by atoms with van der Waals surface area (Å²) in [7, 11) is 0. The Morgan fingerprint density at radius 2 is 1.50 bits per heavy atom. The summed E-state index contributed by atoms with van der Waals surface area (Å²) in [6.45, 7) is 2.72. The van der Waals surface area contributed by atoms with Gasteiger partial charge in [0.25, 0.3) is 0 Å². The second-order valence-corrected chi connectivity index (χ2v) is 4.02. The molecule has 0 saturated heterocycles. The zero-order valence-corrected chi connectivity index (χ0v) is 17.3. The molecule has 0 bridgehead atoms. The Hall–Kier alpha value is 1.61. The van der Waals surface area contributed by atoms with Gasteiger partial charge in [-0.1, -0.05) is 13.8 Å². The molecule has 9 heteroatoms. The molecule has 0 radical (unpaired) electrons. The SMILES string of the molecule is CC(C)CC(C[N+](=O)[O-])C(C(=O)[O-])C(=O)[O-].[K+].[K+]. The first-order valence-electron chi connectivity index (χ1n) is 4.79. The van der Waals surface area contributed by atoms with E-state index in [-0.39, 0.29) is 115 Å². The van der Waals surface area contributed by atoms with Crippen LogP contribution >= 0.6 is 0 Å². The number of carboxylic acids is 2. The van der Waals surface area contributed by atoms with E-state index >= 15 is 0 Å². The van der Waals surface area contributed by atoms with Crippen molar-refractivity contribution in [3.8, 4) is 0 Å². The van der Waals surface area contributed by atoms with E-state index in [1.54, 1.807) is 13.8 Å². The molecule has 7 nitrogen and oxygen atoms in total. The van der Waals surface area contributed by atoms with Crippen molar-refractivity contribution in [1.29, 1.82) is 0 Å². The number of aliphatic carboxylic acids is 2. The van der Waals surface area contributed by atoms with Gasteiger partial charge in [0.15, 0.2) is 0 Å². The average molecular weight is 309 g/mol. The summed E-state index contributed by atoms with van der Waals surface area (Å²) in [6, 6.07) is 0. The summed E-state index contributed by atoms with van der Waals surface area (Å²) in [5, 5.41) is 31.5. The minimum atomic E-state index is -1.94. The van der Waals surface area contributed by atoms with Gasteiger partial charge in [0, 0.05) is 16.8 Å². The van der Waals surface area contributed by atoms with Crippen LogP contribution in [0.1, 0.15) is 20.3 Å². The first kappa shape index (κ1) is 24.6. The third-order valence-corrected chi connectivity index (χ3v) is 2.14. The Morgan fingerprint density at radius 1 is 1.11 bits per heavy atom. The fraction of sp³-hybridized carbons (Fsp3) is 0.778. The van der Waals surface area contributed by atoms with E-state index in [0.29, 0.717) is 0 Å². The van der Waals surface area contributed by atoms with Gasteiger partial charge < -0.3 is 19.8 Å². The molecule has 0 saturated carbocycles. The maximum absolute atomic E-state index is 10.6. The molecular weight excluding hydrogens is 296 g/mol. The Kier molecular flexibility index (Phi) is 16.9. The van der Waals surface area contributed by atoms with Crippen LogP contribution in [-0.2, 0) is 9.59 Å². The quantitative estimate of drug-likeness (QED) is 0.199. The number of nitrogens with zero attached hydrogens (tertiary/aromatic N) is 1. The third-order valence-electron chi connectivity index (χ3n) is 2.14. The van der Waals surface area contributed by atoms with Gasteiger partial charge >= 0.3 is 103 Å². The zero-order chi connectivity index (χ0) is 12.9. The minimum Gasteiger partial charge on any atom is -0.549 e. The Labute approximate surface area is 190 Å². The predicted octanol–water partition coefficient (Wildman–Crippen LogP) is -7.95. The number of hydrogen-bond donors (Lipinski definition) is 0. The zero-order valence-electron chi connectivity index (χ0n) is 11.0. The number of hydrogen-bond acceptors (Lipinski definition) is 6. The molecule has 0 N–H and O–H groups in total. The van der Waals surface area contributed by atoms with Crippen LogP contribution in [0.3, 0.4) is 0 Å². The van der Waals surface area contributed by atoms with Crippen molar-refractivity contribution in [2.24, 2.45) is 17.8 Å². The van der Waals surface area contributed by atoms with Crippen molar-refractivity contribution in [3.63, 3.8) is 0 Å². The number of nitro groups is 1. The van der Waals surface area contributed by atoms with E-state index in [4.69, 9.17) is 0 Å². The molecular formula is C9H13K2NO6. The normalized spacial score (nSPS) is 11.3. The molecule has 1 atom stereocenters. The molecule has 92 valence electrons. The molecule has 0 aromatic rings. The van der Waals surface area contributed by atoms with Gasteiger partial charge in [0.2, 0.25) is 6.54 Å². The van der Waals surface area contributed by atoms with E-state index in [0.717, 1.165) is 0 Å². The van der Waals surface area contributed by atoms with E-state index < -0.39 is 35.2 Å². The standard InChI is InChI=1S/C9H15NO6.2K/c1-5(2)3-6(4-10(15)16)7(8(11)12)9(13)14;;/h5-7H,3-4H2,1-2H3,(H,11,12)(H,13,14);;/q;2*+1/p-2. The molecule has 0 aromatic heterocycles. The largest absolute Gasteiger partial charge is 1.00 e. The van der Waals surface area contributed by atoms with Crippen LogP contribution in [-0.4, -0.2) is 23.4 Å². The molecule has 0 rings (SSSR count). The molecule has 0 aliphatic carbocycles. The van der Waals surface area contributed by atoms with Gasteiger partial charge in [-0.15, -0.1) is 0 Å². The topological polar surface area (TPSA) is 123 Å². The van der Waals surface area contributed by atoms with Gasteiger partial charge in [-0.3, -0.25) is 10.1 Å². The van der Waals surface area contributed by atoms with E-state index in [1.165, 1.54) is 0 Å². The summed E-state index contributed by atoms with van der Waals surface area (Å²) in [4.78, 5) is 30.8. The number of rotatable bonds is 7. The van der Waals surface area contributed by atoms with Gasteiger partial charge in [-0.25, -0.2) is 0 Å². The Morgan fingerprint density at radius 3 is 1.72 bits per heavy atom. The second-order valence-electron chi connectivity index (χ2n) is 4.02. The molecule has 0 heterocycles. The van der Waals surface area contributed by atoms with Crippen LogP contribution < -0.4 is 113 Å². The third kappa shape index (κ3) is 10.4. The smallest absolute Gasteiger partial charge is 0.549 e. The summed E-state index contributed by atoms with van der Waals surface area (Å²) in [5.74, 6) is -6.77. The fourth-order valence-electron chi connectivity index (χ4n) is 1.59. The van der Waals surface area contributed by atoms with Crippen molar-refractivity contribution in [1.82, 2.24) is 0 Å². The molecule has 0 aromatic carbocycles. The fourth-order valence-corrected chi connectivity index (χ4v) is 1.59. The first-order chi connectivity index (χ1) is 7.25. The second kappa shape index (κ2) is 12.4. The van der Waals surface area contributed by atoms with Crippen molar-refractivity contribution in [3.05, 3.63) is 10.1 Å². The maximum atomic E-state index is 10.6. The van der Waals surface area contributed by atoms with Crippen LogP contribution in [0, 0.1) is 27.9 Å². The summed E-state index contributed by atoms with van der Waals surface area (Å²) < 4.78 is 0. The van der Waals surface area contributed by atoms with Crippen LogP contribution in [0.4, 0.5) is 0 Å². The average Bonchev–Trinajstić information content (AvgIpc) is 1.98. The molecule has 1 unspecified atom stereocenters. The van der Waals surface area contributed by atoms with Crippen LogP contribution in [0.25, 0.3) is 0 Å². The number of carboxylic acid groups (broad SMARTS) is 2. The molecule has 0 fully saturated rings. The maximum Gasteiger partial charge on any atom is 1.00 e. The minimum absolute atomic E-state index is 0. The summed E-state index contributed by atoms with van der Waals surface area (Å²) in [6.07, 6.45) is 0.119. The monoisotopic (exact) mass is 309 g/mol. The van der Waals surface area contributed by atoms with Gasteiger partial charge in [-0.05, 0) is 12.3 Å². The van der Waals surface area contributed by atoms with Crippen LogP contribution in [0.15, 0.2) is 0 Å². The number of carbonyl (C=O) groups excluding carboxylic acids is 2. The van der Waals surface area contributed by atoms with Crippen molar-refractivity contribution in [2.45, 2.75) is 20.3 Å². The van der Waals surface area contributed by atoms with Crippen LogP contribution in [0.5, 0.6) is 0 Å². The van der Waals surface area contributed by atoms with Crippen molar-refractivity contribution in [2.75, 3.05) is 6.54 Å². The molecule has 0 aliphatic rings. The number of carbonyl (C=O) groups is 2. The molecule has 18 heavy (non-hydrogen) atoms. The summed E-state index contributed by atoms with van der Waals surface area (Å²) >= 11 is 0. The van der Waals surface area contributed by atoms with E-state index in [1.807, 2.05) is 0 Å². The molecule has 0 aliphatic heterocycles. The Balaban J connectivity index is -0.00000112. The molecule has 0 amide bonds. The van der Waals surface area contributed by atoms with E-state index in [9.17, 15) is 29.9 Å². The van der Waals surface area contributed by atoms with Gasteiger partial charge in [0.1, 0.15) is 0 Å².